The van der Waals surface area contributed by atoms with Crippen LogP contribution in [-0.4, -0.2) is 37.6 Å². The molecule has 8 rings (SSSR count). The van der Waals surface area contributed by atoms with E-state index in [9.17, 15) is 0 Å². The fraction of sp³-hybridized carbons (Fsp3) is 0.409. The molecule has 288 valence electrons. The van der Waals surface area contributed by atoms with Gasteiger partial charge in [-0.25, -0.2) is 18.3 Å². The van der Waals surface area contributed by atoms with Crippen molar-refractivity contribution < 1.29 is 76.0 Å². The summed E-state index contributed by atoms with van der Waals surface area (Å²) in [6, 6.07) is 26.7. The summed E-state index contributed by atoms with van der Waals surface area (Å²) in [6.07, 6.45) is 9.37. The zero-order valence-corrected chi connectivity index (χ0v) is 37.2. The van der Waals surface area contributed by atoms with E-state index in [4.69, 9.17) is 18.9 Å². The summed E-state index contributed by atoms with van der Waals surface area (Å²) in [4.78, 5) is 0. The molecule has 8 nitrogen and oxygen atoms in total. The van der Waals surface area contributed by atoms with Gasteiger partial charge in [0.15, 0.2) is 22.1 Å². The van der Waals surface area contributed by atoms with Gasteiger partial charge >= 0.3 is 0 Å². The minimum absolute atomic E-state index is 0. The summed E-state index contributed by atoms with van der Waals surface area (Å²) in [5.41, 5.74) is 10.4. The first-order chi connectivity index (χ1) is 25.3. The number of nitrogens with zero attached hydrogens (tertiary/aromatic N) is 4. The molecular formula is C44H54I2N4O4. The van der Waals surface area contributed by atoms with Gasteiger partial charge in [-0.05, 0) is 97.5 Å². The van der Waals surface area contributed by atoms with E-state index in [0.717, 1.165) is 35.8 Å². The average Bonchev–Trinajstić information content (AvgIpc) is 3.65. The number of ether oxygens (including phenoxy) is 4. The van der Waals surface area contributed by atoms with Gasteiger partial charge in [-0.1, -0.05) is 26.7 Å². The van der Waals surface area contributed by atoms with Gasteiger partial charge in [-0.2, -0.15) is 0 Å². The molecule has 0 fully saturated rings. The number of rotatable bonds is 10. The Balaban J connectivity index is 0.000000200. The Labute approximate surface area is 354 Å². The maximum Gasteiger partial charge on any atom is 0.290 e. The number of hydrogen-bond acceptors (Lipinski definition) is 4. The quantitative estimate of drug-likeness (QED) is 0.157. The van der Waals surface area contributed by atoms with E-state index in [1.165, 1.54) is 94.5 Å². The first-order valence-corrected chi connectivity index (χ1v) is 18.9. The van der Waals surface area contributed by atoms with Gasteiger partial charge in [0.2, 0.25) is 0 Å². The molecule has 0 aliphatic carbocycles. The number of aryl methyl sites for hydroxylation is 2. The summed E-state index contributed by atoms with van der Waals surface area (Å²) in [7, 11) is 11.3. The van der Waals surface area contributed by atoms with E-state index in [0.29, 0.717) is 12.1 Å². The van der Waals surface area contributed by atoms with Gasteiger partial charge in [-0.3, -0.25) is 0 Å². The van der Waals surface area contributed by atoms with Crippen molar-refractivity contribution in [2.24, 2.45) is 14.1 Å². The van der Waals surface area contributed by atoms with Crippen molar-refractivity contribution in [2.45, 2.75) is 77.3 Å². The van der Waals surface area contributed by atoms with E-state index in [1.54, 1.807) is 28.4 Å². The van der Waals surface area contributed by atoms with E-state index in [-0.39, 0.29) is 48.0 Å². The van der Waals surface area contributed by atoms with Gasteiger partial charge in [0, 0.05) is 25.0 Å². The lowest BCUT2D eigenvalue weighted by molar-refractivity contribution is -0.691. The molecular weight excluding hydrogens is 902 g/mol. The predicted molar refractivity (Wildman–Crippen MR) is 208 cm³/mol. The van der Waals surface area contributed by atoms with Crippen LogP contribution in [0.3, 0.4) is 0 Å². The molecule has 0 bridgehead atoms. The fourth-order valence-electron chi connectivity index (χ4n) is 8.55. The lowest BCUT2D eigenvalue weighted by Crippen LogP contribution is -3.00. The zero-order valence-electron chi connectivity index (χ0n) is 32.9. The van der Waals surface area contributed by atoms with Crippen LogP contribution in [0.15, 0.2) is 72.8 Å². The first kappa shape index (κ1) is 41.6. The Hall–Kier alpha value is -3.52. The van der Waals surface area contributed by atoms with Crippen LogP contribution in [0.2, 0.25) is 0 Å². The summed E-state index contributed by atoms with van der Waals surface area (Å²) in [5.74, 6) is 6.24. The second-order valence-electron chi connectivity index (χ2n) is 14.3. The number of halogens is 2. The maximum absolute atomic E-state index is 5.50. The number of hydrogen-bond donors (Lipinski definition) is 0. The van der Waals surface area contributed by atoms with Gasteiger partial charge in [0.1, 0.15) is 35.1 Å². The predicted octanol–water partition coefficient (Wildman–Crippen LogP) is 2.88. The minimum Gasteiger partial charge on any atom is -1.00 e. The van der Waals surface area contributed by atoms with Gasteiger partial charge in [0.25, 0.3) is 11.6 Å². The molecule has 0 saturated carbocycles. The molecule has 2 aliphatic rings. The molecule has 2 unspecified atom stereocenters. The van der Waals surface area contributed by atoms with Gasteiger partial charge < -0.3 is 66.9 Å². The average molecular weight is 957 g/mol. The zero-order chi connectivity index (χ0) is 36.5. The summed E-state index contributed by atoms with van der Waals surface area (Å²) in [5, 5.41) is 0. The van der Waals surface area contributed by atoms with Crippen molar-refractivity contribution in [1.82, 2.24) is 9.13 Å². The van der Waals surface area contributed by atoms with Crippen molar-refractivity contribution in [3.8, 4) is 45.8 Å². The van der Waals surface area contributed by atoms with E-state index in [1.807, 2.05) is 6.07 Å². The van der Waals surface area contributed by atoms with Crippen molar-refractivity contribution in [3.05, 3.63) is 83.9 Å². The number of methoxy groups -OCH3 is 4. The van der Waals surface area contributed by atoms with Gasteiger partial charge in [0.05, 0.1) is 53.7 Å². The highest BCUT2D eigenvalue weighted by Gasteiger charge is 2.37. The Morgan fingerprint density at radius 2 is 1.11 bits per heavy atom. The van der Waals surface area contributed by atoms with Crippen LogP contribution in [0.25, 0.3) is 44.8 Å². The van der Waals surface area contributed by atoms with Crippen molar-refractivity contribution in [2.75, 3.05) is 28.4 Å². The Kier molecular flexibility index (Phi) is 13.8. The number of unbranched alkanes of at least 4 members (excludes halogenated alkanes) is 2. The smallest absolute Gasteiger partial charge is 0.290 e. The molecule has 0 amide bonds. The topological polar surface area (TPSA) is 54.5 Å². The molecule has 2 aromatic heterocycles. The van der Waals surface area contributed by atoms with E-state index >= 15 is 0 Å². The monoisotopic (exact) mass is 956 g/mol. The molecule has 0 spiro atoms. The van der Waals surface area contributed by atoms with Crippen LogP contribution >= 0.6 is 0 Å². The van der Waals surface area contributed by atoms with Crippen molar-refractivity contribution in [3.63, 3.8) is 0 Å². The highest BCUT2D eigenvalue weighted by atomic mass is 127. The minimum atomic E-state index is 0. The molecule has 2 aliphatic heterocycles. The molecule has 10 heteroatoms. The lowest BCUT2D eigenvalue weighted by Gasteiger charge is -2.23. The van der Waals surface area contributed by atoms with Crippen LogP contribution in [-0.2, 0) is 26.9 Å². The van der Waals surface area contributed by atoms with Crippen LogP contribution in [0.4, 0.5) is 0 Å². The number of imidazole rings is 2. The maximum atomic E-state index is 5.50. The Bertz CT molecular complexity index is 2200. The highest BCUT2D eigenvalue weighted by molar-refractivity contribution is 5.80. The molecule has 6 aromatic rings. The second-order valence-corrected chi connectivity index (χ2v) is 14.3. The van der Waals surface area contributed by atoms with Crippen LogP contribution in [0.1, 0.15) is 75.6 Å². The molecule has 54 heavy (non-hydrogen) atoms. The molecule has 4 aromatic carbocycles. The van der Waals surface area contributed by atoms with Crippen LogP contribution < -0.4 is 76.0 Å². The Morgan fingerprint density at radius 1 is 0.611 bits per heavy atom. The SMILES string of the molecule is CCCCC1Cc2cc(OC)ccc2-c2n(C)c3cc(OC)ccc3[n+]21.CCCCC1Cc2cc(OC)ccc2-c2n1c1cc(OC)ccc1[n+]2C.[I-].[I-]. The molecule has 0 radical (unpaired) electrons. The van der Waals surface area contributed by atoms with E-state index < -0.39 is 0 Å². The van der Waals surface area contributed by atoms with Crippen molar-refractivity contribution >= 4 is 22.1 Å². The van der Waals surface area contributed by atoms with Gasteiger partial charge in [-0.15, -0.1) is 0 Å². The summed E-state index contributed by atoms with van der Waals surface area (Å²) >= 11 is 0. The third-order valence-corrected chi connectivity index (χ3v) is 11.2. The number of aromatic nitrogens is 4. The molecule has 0 N–H and O–H groups in total. The molecule has 4 heterocycles. The summed E-state index contributed by atoms with van der Waals surface area (Å²) in [6.45, 7) is 4.52. The fourth-order valence-corrected chi connectivity index (χ4v) is 8.55. The normalized spacial score (nSPS) is 15.0. The first-order valence-electron chi connectivity index (χ1n) is 18.9. The standard InChI is InChI=1S/2C22H27N2O2.2HI/c1-5-6-7-16-12-15-13-17(25-3)8-10-19(15)22-23(2)21-14-18(26-4)9-11-20(21)24(16)22;1-5-6-7-16-12-15-13-17(25-3)8-10-19(15)22-23(2)20-11-9-18(26-4)14-21(20)24(16)22;;/h2*8-11,13-14,16H,5-7,12H2,1-4H3;2*1H/q2*+1;;/p-2. The second kappa shape index (κ2) is 18.0. The molecule has 0 saturated heterocycles. The molecule has 2 atom stereocenters. The Morgan fingerprint density at radius 3 is 1.70 bits per heavy atom. The number of benzene rings is 4. The van der Waals surface area contributed by atoms with E-state index in [2.05, 4.69) is 113 Å². The van der Waals surface area contributed by atoms with Crippen molar-refractivity contribution in [1.29, 1.82) is 0 Å². The third-order valence-electron chi connectivity index (χ3n) is 11.2. The lowest BCUT2D eigenvalue weighted by atomic mass is 9.92. The summed E-state index contributed by atoms with van der Waals surface area (Å²) < 4.78 is 31.6. The third kappa shape index (κ3) is 7.53. The number of fused-ring (bicyclic) bond motifs is 10. The highest BCUT2D eigenvalue weighted by Crippen LogP contribution is 2.41. The van der Waals surface area contributed by atoms with Crippen LogP contribution in [0, 0.1) is 0 Å². The largest absolute Gasteiger partial charge is 1.00 e. The van der Waals surface area contributed by atoms with Crippen LogP contribution in [0.5, 0.6) is 23.0 Å².